The summed E-state index contributed by atoms with van der Waals surface area (Å²) in [4.78, 5) is 30.1. The Morgan fingerprint density at radius 1 is 1.25 bits per heavy atom. The molecule has 32 heavy (non-hydrogen) atoms. The smallest absolute Gasteiger partial charge is 0.338 e. The molecule has 3 unspecified atom stereocenters. The first kappa shape index (κ1) is 27.6. The SMILES string of the molecule is C#CCCOC(C)(CC)C(=O)OCC(C)(COC(C)CC)C(=O)NCCc1ccccn1. The maximum absolute atomic E-state index is 13.0. The molecule has 0 spiro atoms. The molecule has 0 saturated carbocycles. The molecule has 3 atom stereocenters. The van der Waals surface area contributed by atoms with Crippen LogP contribution in [0.25, 0.3) is 0 Å². The van der Waals surface area contributed by atoms with Gasteiger partial charge in [-0.05, 0) is 45.7 Å². The highest BCUT2D eigenvalue weighted by molar-refractivity contribution is 5.84. The van der Waals surface area contributed by atoms with Gasteiger partial charge in [0.1, 0.15) is 12.0 Å². The van der Waals surface area contributed by atoms with Crippen LogP contribution in [0, 0.1) is 17.8 Å². The van der Waals surface area contributed by atoms with Crippen molar-refractivity contribution in [2.75, 3.05) is 26.4 Å². The second-order valence-electron chi connectivity index (χ2n) is 8.38. The number of nitrogens with zero attached hydrogens (tertiary/aromatic N) is 1. The molecule has 0 fully saturated rings. The zero-order valence-electron chi connectivity index (χ0n) is 20.1. The van der Waals surface area contributed by atoms with Crippen LogP contribution in [-0.4, -0.2) is 54.9 Å². The second kappa shape index (κ2) is 13.9. The summed E-state index contributed by atoms with van der Waals surface area (Å²) in [6.45, 7) is 9.90. The number of amides is 1. The van der Waals surface area contributed by atoms with E-state index < -0.39 is 17.0 Å². The van der Waals surface area contributed by atoms with E-state index in [1.807, 2.05) is 39.0 Å². The standard InChI is InChI=1S/C25H38N2O5/c1-7-10-17-32-25(6,9-3)23(29)31-19-24(5,18-30-20(4)8-2)22(28)27-16-14-21-13-11-12-15-26-21/h1,11-13,15,20H,8-10,14,16-19H2,2-6H3,(H,27,28). The number of hydrogen-bond donors (Lipinski definition) is 1. The van der Waals surface area contributed by atoms with E-state index >= 15 is 0 Å². The molecule has 0 bridgehead atoms. The minimum atomic E-state index is -1.12. The van der Waals surface area contributed by atoms with Crippen LogP contribution in [0.4, 0.5) is 0 Å². The molecule has 0 aromatic carbocycles. The van der Waals surface area contributed by atoms with Crippen molar-refractivity contribution in [2.24, 2.45) is 5.41 Å². The van der Waals surface area contributed by atoms with Gasteiger partial charge >= 0.3 is 5.97 Å². The van der Waals surface area contributed by atoms with Gasteiger partial charge in [0.05, 0.1) is 19.3 Å². The van der Waals surface area contributed by atoms with Gasteiger partial charge in [-0.25, -0.2) is 4.79 Å². The Labute approximate surface area is 192 Å². The summed E-state index contributed by atoms with van der Waals surface area (Å²) in [6, 6.07) is 5.66. The number of pyridine rings is 1. The lowest BCUT2D eigenvalue weighted by atomic mass is 9.91. The van der Waals surface area contributed by atoms with Crippen molar-refractivity contribution >= 4 is 11.9 Å². The maximum Gasteiger partial charge on any atom is 0.338 e. The minimum absolute atomic E-state index is 0.0145. The number of ether oxygens (including phenoxy) is 3. The zero-order chi connectivity index (χ0) is 24.0. The molecule has 7 heteroatoms. The lowest BCUT2D eigenvalue weighted by Gasteiger charge is -2.32. The fourth-order valence-electron chi connectivity index (χ4n) is 2.70. The molecule has 0 aliphatic carbocycles. The summed E-state index contributed by atoms with van der Waals surface area (Å²) in [7, 11) is 0. The Bertz CT molecular complexity index is 748. The van der Waals surface area contributed by atoms with E-state index in [9.17, 15) is 9.59 Å². The molecular weight excluding hydrogens is 408 g/mol. The quantitative estimate of drug-likeness (QED) is 0.253. The molecular formula is C25H38N2O5. The number of carbonyl (C=O) groups excluding carboxylic acids is 2. The first-order chi connectivity index (χ1) is 15.2. The lowest BCUT2D eigenvalue weighted by molar-refractivity contribution is -0.176. The summed E-state index contributed by atoms with van der Waals surface area (Å²) < 4.78 is 17.1. The molecule has 178 valence electrons. The molecule has 0 aliphatic heterocycles. The van der Waals surface area contributed by atoms with Gasteiger partial charge < -0.3 is 19.5 Å². The first-order valence-corrected chi connectivity index (χ1v) is 11.2. The van der Waals surface area contributed by atoms with Gasteiger partial charge in [-0.2, -0.15) is 0 Å². The van der Waals surface area contributed by atoms with Crippen LogP contribution < -0.4 is 5.32 Å². The number of terminal acetylenes is 1. The Kier molecular flexibility index (Phi) is 12.0. The number of aromatic nitrogens is 1. The average molecular weight is 447 g/mol. The van der Waals surface area contributed by atoms with E-state index in [0.29, 0.717) is 25.8 Å². The summed E-state index contributed by atoms with van der Waals surface area (Å²) in [5, 5.41) is 2.93. The van der Waals surface area contributed by atoms with Crippen molar-refractivity contribution in [3.63, 3.8) is 0 Å². The third kappa shape index (κ3) is 8.97. The van der Waals surface area contributed by atoms with Crippen LogP contribution in [-0.2, 0) is 30.2 Å². The predicted molar refractivity (Wildman–Crippen MR) is 124 cm³/mol. The van der Waals surface area contributed by atoms with Crippen molar-refractivity contribution in [2.45, 2.75) is 72.0 Å². The minimum Gasteiger partial charge on any atom is -0.462 e. The van der Waals surface area contributed by atoms with Crippen molar-refractivity contribution in [1.29, 1.82) is 0 Å². The molecule has 1 aromatic heterocycles. The molecule has 1 N–H and O–H groups in total. The van der Waals surface area contributed by atoms with Crippen molar-refractivity contribution in [1.82, 2.24) is 10.3 Å². The summed E-state index contributed by atoms with van der Waals surface area (Å²) in [5.74, 6) is 1.73. The molecule has 0 radical (unpaired) electrons. The van der Waals surface area contributed by atoms with Gasteiger partial charge in [-0.3, -0.25) is 9.78 Å². The van der Waals surface area contributed by atoms with E-state index in [4.69, 9.17) is 20.6 Å². The lowest BCUT2D eigenvalue weighted by Crippen LogP contribution is -2.48. The monoisotopic (exact) mass is 446 g/mol. The molecule has 1 rings (SSSR count). The van der Waals surface area contributed by atoms with Crippen LogP contribution in [0.5, 0.6) is 0 Å². The topological polar surface area (TPSA) is 86.8 Å². The number of nitrogens with one attached hydrogen (secondary N) is 1. The van der Waals surface area contributed by atoms with Gasteiger partial charge in [-0.15, -0.1) is 12.3 Å². The fraction of sp³-hybridized carbons (Fsp3) is 0.640. The average Bonchev–Trinajstić information content (AvgIpc) is 2.81. The third-order valence-electron chi connectivity index (χ3n) is 5.50. The fourth-order valence-corrected chi connectivity index (χ4v) is 2.70. The van der Waals surface area contributed by atoms with E-state index in [-0.39, 0.29) is 31.8 Å². The largest absolute Gasteiger partial charge is 0.462 e. The molecule has 1 amide bonds. The molecule has 1 heterocycles. The van der Waals surface area contributed by atoms with Gasteiger partial charge in [-0.1, -0.05) is 19.9 Å². The van der Waals surface area contributed by atoms with Gasteiger partial charge in [0.15, 0.2) is 5.60 Å². The number of rotatable bonds is 15. The van der Waals surface area contributed by atoms with Crippen LogP contribution >= 0.6 is 0 Å². The van der Waals surface area contributed by atoms with Crippen LogP contribution in [0.1, 0.15) is 59.6 Å². The van der Waals surface area contributed by atoms with Gasteiger partial charge in [0.25, 0.3) is 0 Å². The normalized spacial score (nSPS) is 15.6. The summed E-state index contributed by atoms with van der Waals surface area (Å²) >= 11 is 0. The second-order valence-corrected chi connectivity index (χ2v) is 8.38. The van der Waals surface area contributed by atoms with Crippen LogP contribution in [0.3, 0.4) is 0 Å². The van der Waals surface area contributed by atoms with E-state index in [0.717, 1.165) is 12.1 Å². The number of hydrogen-bond acceptors (Lipinski definition) is 6. The van der Waals surface area contributed by atoms with Gasteiger partial charge in [0, 0.05) is 31.3 Å². The highest BCUT2D eigenvalue weighted by atomic mass is 16.6. The van der Waals surface area contributed by atoms with Crippen molar-refractivity contribution in [3.8, 4) is 12.3 Å². The van der Waals surface area contributed by atoms with Gasteiger partial charge in [0.2, 0.25) is 5.91 Å². The van der Waals surface area contributed by atoms with E-state index in [1.54, 1.807) is 20.0 Å². The maximum atomic E-state index is 13.0. The zero-order valence-corrected chi connectivity index (χ0v) is 20.1. The van der Waals surface area contributed by atoms with Crippen molar-refractivity contribution in [3.05, 3.63) is 30.1 Å². The molecule has 7 nitrogen and oxygen atoms in total. The number of esters is 1. The van der Waals surface area contributed by atoms with Crippen LogP contribution in [0.2, 0.25) is 0 Å². The van der Waals surface area contributed by atoms with E-state index in [2.05, 4.69) is 16.2 Å². The highest BCUT2D eigenvalue weighted by Gasteiger charge is 2.39. The summed E-state index contributed by atoms with van der Waals surface area (Å²) in [6.07, 6.45) is 9.21. The van der Waals surface area contributed by atoms with E-state index in [1.165, 1.54) is 0 Å². The summed E-state index contributed by atoms with van der Waals surface area (Å²) in [5.41, 5.74) is -1.28. The predicted octanol–water partition coefficient (Wildman–Crippen LogP) is 3.31. The highest BCUT2D eigenvalue weighted by Crippen LogP contribution is 2.23. The van der Waals surface area contributed by atoms with Crippen LogP contribution in [0.15, 0.2) is 24.4 Å². The Morgan fingerprint density at radius 2 is 2.00 bits per heavy atom. The Balaban J connectivity index is 2.78. The Hall–Kier alpha value is -2.43. The molecule has 0 saturated heterocycles. The molecule has 1 aromatic rings. The Morgan fingerprint density at radius 3 is 2.59 bits per heavy atom. The number of carbonyl (C=O) groups is 2. The third-order valence-corrected chi connectivity index (χ3v) is 5.50. The molecule has 0 aliphatic rings. The first-order valence-electron chi connectivity index (χ1n) is 11.2. The van der Waals surface area contributed by atoms with Crippen molar-refractivity contribution < 1.29 is 23.8 Å².